The Morgan fingerprint density at radius 1 is 1.86 bits per heavy atom. The maximum atomic E-state index is 10.3. The zero-order chi connectivity index (χ0) is 5.86. The lowest BCUT2D eigenvalue weighted by Crippen LogP contribution is -2.22. The van der Waals surface area contributed by atoms with Gasteiger partial charge in [0.05, 0.1) is 0 Å². The van der Waals surface area contributed by atoms with Crippen LogP contribution in [0.4, 0.5) is 0 Å². The molecular weight excluding hydrogens is 90.1 g/mol. The Balaban J connectivity index is 3.34. The first-order valence-electron chi connectivity index (χ1n) is 2.19. The first kappa shape index (κ1) is 6.47. The standard InChI is InChI=1S/C5H10NO/c1-4-6(3)5(2)7/h1,4H2,2-3H3. The molecule has 0 unspecified atom stereocenters. The smallest absolute Gasteiger partial charge is 0.219 e. The number of nitrogens with zero attached hydrogens (tertiary/aromatic N) is 1. The molecule has 0 heterocycles. The lowest BCUT2D eigenvalue weighted by atomic mass is 10.6. The molecule has 0 spiro atoms. The minimum Gasteiger partial charge on any atom is -0.346 e. The van der Waals surface area contributed by atoms with E-state index in [2.05, 4.69) is 6.92 Å². The number of rotatable bonds is 1. The molecule has 1 amide bonds. The van der Waals surface area contributed by atoms with E-state index < -0.39 is 0 Å². The molecule has 0 aliphatic rings. The summed E-state index contributed by atoms with van der Waals surface area (Å²) in [6.45, 7) is 5.58. The molecule has 7 heavy (non-hydrogen) atoms. The van der Waals surface area contributed by atoms with Crippen molar-refractivity contribution in [3.05, 3.63) is 6.92 Å². The molecule has 41 valence electrons. The van der Waals surface area contributed by atoms with Crippen molar-refractivity contribution in [2.24, 2.45) is 0 Å². The first-order chi connectivity index (χ1) is 3.18. The van der Waals surface area contributed by atoms with Gasteiger partial charge in [0, 0.05) is 20.5 Å². The number of hydrogen-bond donors (Lipinski definition) is 0. The molecule has 2 nitrogen and oxygen atoms in total. The molecule has 0 saturated carbocycles. The molecule has 0 aliphatic carbocycles. The maximum absolute atomic E-state index is 10.3. The fourth-order valence-electron chi connectivity index (χ4n) is 0.157. The van der Waals surface area contributed by atoms with Crippen LogP contribution in [-0.4, -0.2) is 24.4 Å². The zero-order valence-electron chi connectivity index (χ0n) is 4.77. The van der Waals surface area contributed by atoms with E-state index >= 15 is 0 Å². The summed E-state index contributed by atoms with van der Waals surface area (Å²) < 4.78 is 0. The topological polar surface area (TPSA) is 20.3 Å². The highest BCUT2D eigenvalue weighted by Crippen LogP contribution is 1.77. The third-order valence-electron chi connectivity index (χ3n) is 0.873. The van der Waals surface area contributed by atoms with E-state index in [9.17, 15) is 4.79 Å². The van der Waals surface area contributed by atoms with Crippen LogP contribution in [0.2, 0.25) is 0 Å². The Hall–Kier alpha value is -0.530. The molecule has 0 bridgehead atoms. The number of amides is 1. The number of hydrogen-bond acceptors (Lipinski definition) is 1. The fraction of sp³-hybridized carbons (Fsp3) is 0.600. The normalized spacial score (nSPS) is 8.43. The van der Waals surface area contributed by atoms with Crippen molar-refractivity contribution in [3.8, 4) is 0 Å². The summed E-state index contributed by atoms with van der Waals surface area (Å²) in [5.41, 5.74) is 0. The van der Waals surface area contributed by atoms with Crippen molar-refractivity contribution in [2.75, 3.05) is 13.6 Å². The summed E-state index contributed by atoms with van der Waals surface area (Å²) in [4.78, 5) is 11.8. The van der Waals surface area contributed by atoms with Gasteiger partial charge in [0.25, 0.3) is 0 Å². The van der Waals surface area contributed by atoms with E-state index in [4.69, 9.17) is 0 Å². The van der Waals surface area contributed by atoms with Gasteiger partial charge < -0.3 is 4.90 Å². The van der Waals surface area contributed by atoms with Gasteiger partial charge in [0.15, 0.2) is 0 Å². The molecule has 0 N–H and O–H groups in total. The Labute approximate surface area is 44.1 Å². The summed E-state index contributed by atoms with van der Waals surface area (Å²) in [6, 6.07) is 0. The van der Waals surface area contributed by atoms with Crippen molar-refractivity contribution >= 4 is 5.91 Å². The van der Waals surface area contributed by atoms with Crippen LogP contribution < -0.4 is 0 Å². The summed E-state index contributed by atoms with van der Waals surface area (Å²) in [5, 5.41) is 0. The Kier molecular flexibility index (Phi) is 2.41. The van der Waals surface area contributed by atoms with Crippen LogP contribution in [0, 0.1) is 6.92 Å². The van der Waals surface area contributed by atoms with E-state index in [0.717, 1.165) is 0 Å². The van der Waals surface area contributed by atoms with E-state index in [0.29, 0.717) is 6.54 Å². The third-order valence-corrected chi connectivity index (χ3v) is 0.873. The van der Waals surface area contributed by atoms with Crippen molar-refractivity contribution in [3.63, 3.8) is 0 Å². The molecule has 0 saturated heterocycles. The van der Waals surface area contributed by atoms with Gasteiger partial charge in [-0.1, -0.05) is 0 Å². The molecule has 0 rings (SSSR count). The van der Waals surface area contributed by atoms with Crippen LogP contribution in [0.3, 0.4) is 0 Å². The van der Waals surface area contributed by atoms with Gasteiger partial charge in [-0.05, 0) is 6.92 Å². The number of carbonyl (C=O) groups excluding carboxylic acids is 1. The van der Waals surface area contributed by atoms with Crippen LogP contribution in [0.5, 0.6) is 0 Å². The second-order valence-corrected chi connectivity index (χ2v) is 1.44. The molecule has 0 fully saturated rings. The summed E-state index contributed by atoms with van der Waals surface area (Å²) in [6.07, 6.45) is 0. The summed E-state index contributed by atoms with van der Waals surface area (Å²) in [7, 11) is 1.72. The van der Waals surface area contributed by atoms with Crippen molar-refractivity contribution in [1.82, 2.24) is 4.90 Å². The molecule has 0 aromatic carbocycles. The lowest BCUT2D eigenvalue weighted by molar-refractivity contribution is -0.127. The van der Waals surface area contributed by atoms with Gasteiger partial charge in [0.2, 0.25) is 5.91 Å². The molecule has 0 aliphatic heterocycles. The maximum Gasteiger partial charge on any atom is 0.219 e. The molecule has 0 aromatic rings. The van der Waals surface area contributed by atoms with Crippen LogP contribution in [0.1, 0.15) is 6.92 Å². The predicted molar refractivity (Wildman–Crippen MR) is 28.7 cm³/mol. The Bertz CT molecular complexity index is 70.5. The molecule has 0 atom stereocenters. The quantitative estimate of drug-likeness (QED) is 0.464. The van der Waals surface area contributed by atoms with E-state index in [1.54, 1.807) is 11.9 Å². The number of carbonyl (C=O) groups is 1. The fourth-order valence-corrected chi connectivity index (χ4v) is 0.157. The van der Waals surface area contributed by atoms with Gasteiger partial charge in [-0.25, -0.2) is 0 Å². The molecule has 1 radical (unpaired) electrons. The summed E-state index contributed by atoms with van der Waals surface area (Å²) in [5.74, 6) is 0.0648. The highest BCUT2D eigenvalue weighted by molar-refractivity contribution is 5.72. The molecular formula is C5H10NO. The van der Waals surface area contributed by atoms with Gasteiger partial charge in [-0.3, -0.25) is 4.79 Å². The minimum atomic E-state index is 0.0648. The van der Waals surface area contributed by atoms with Crippen LogP contribution >= 0.6 is 0 Å². The van der Waals surface area contributed by atoms with Crippen LogP contribution in [-0.2, 0) is 4.79 Å². The van der Waals surface area contributed by atoms with E-state index in [1.165, 1.54) is 6.92 Å². The Morgan fingerprint density at radius 3 is 2.29 bits per heavy atom. The lowest BCUT2D eigenvalue weighted by Gasteiger charge is -2.08. The molecule has 0 aromatic heterocycles. The van der Waals surface area contributed by atoms with Gasteiger partial charge in [0.1, 0.15) is 0 Å². The van der Waals surface area contributed by atoms with Crippen molar-refractivity contribution in [1.29, 1.82) is 0 Å². The average molecular weight is 100 g/mol. The zero-order valence-corrected chi connectivity index (χ0v) is 4.77. The highest BCUT2D eigenvalue weighted by Gasteiger charge is 1.93. The molecule has 2 heteroatoms. The monoisotopic (exact) mass is 100 g/mol. The SMILES string of the molecule is [CH2]CN(C)C(C)=O. The van der Waals surface area contributed by atoms with Gasteiger partial charge in [-0.2, -0.15) is 0 Å². The van der Waals surface area contributed by atoms with Crippen molar-refractivity contribution < 1.29 is 4.79 Å². The average Bonchev–Trinajstić information content (AvgIpc) is 1.65. The third kappa shape index (κ3) is 2.20. The van der Waals surface area contributed by atoms with Gasteiger partial charge in [-0.15, -0.1) is 0 Å². The second kappa shape index (κ2) is 2.61. The minimum absolute atomic E-state index is 0.0648. The Morgan fingerprint density at radius 2 is 2.29 bits per heavy atom. The van der Waals surface area contributed by atoms with E-state index in [-0.39, 0.29) is 5.91 Å². The summed E-state index contributed by atoms with van der Waals surface area (Å²) >= 11 is 0. The first-order valence-corrected chi connectivity index (χ1v) is 2.19. The highest BCUT2D eigenvalue weighted by atomic mass is 16.2. The van der Waals surface area contributed by atoms with Crippen molar-refractivity contribution in [2.45, 2.75) is 6.92 Å². The largest absolute Gasteiger partial charge is 0.346 e. The predicted octanol–water partition coefficient (Wildman–Crippen LogP) is 0.299. The van der Waals surface area contributed by atoms with Crippen LogP contribution in [0.15, 0.2) is 0 Å². The van der Waals surface area contributed by atoms with Crippen LogP contribution in [0.25, 0.3) is 0 Å². The second-order valence-electron chi connectivity index (χ2n) is 1.44. The van der Waals surface area contributed by atoms with Gasteiger partial charge >= 0.3 is 0 Å². The van der Waals surface area contributed by atoms with E-state index in [1.807, 2.05) is 0 Å².